The third-order valence-electron chi connectivity index (χ3n) is 4.57. The largest absolute Gasteiger partial charge is 0.450 e. The fraction of sp³-hybridized carbons (Fsp3) is 0.400. The summed E-state index contributed by atoms with van der Waals surface area (Å²) in [5.41, 5.74) is 6.95. The summed E-state index contributed by atoms with van der Waals surface area (Å²) in [6.45, 7) is 4.24. The van der Waals surface area contributed by atoms with Crippen LogP contribution < -0.4 is 11.1 Å². The average Bonchev–Trinajstić information content (AvgIpc) is 3.09. The lowest BCUT2D eigenvalue weighted by Gasteiger charge is -2.15. The van der Waals surface area contributed by atoms with Crippen molar-refractivity contribution in [2.45, 2.75) is 45.4 Å². The summed E-state index contributed by atoms with van der Waals surface area (Å²) in [6.07, 6.45) is 2.56. The molecule has 2 aromatic heterocycles. The van der Waals surface area contributed by atoms with Crippen molar-refractivity contribution in [3.63, 3.8) is 0 Å². The maximum atomic E-state index is 13.9. The van der Waals surface area contributed by atoms with Crippen LogP contribution in [0.25, 0.3) is 11.2 Å². The molecule has 3 N–H and O–H groups in total. The standard InChI is InChI=1S/C20H24ClFN6O2/c1-20(2,22)14-7-5-13(6-8-14)11-24-19(29)30-10-4-3-9-28-12-25-15-16(23)26-18(21)27-17(15)28/h5-8,12H,3-4,9-11H2,1-2H3,(H,24,29)(H2,23,26,27). The van der Waals surface area contributed by atoms with E-state index in [1.54, 1.807) is 30.6 Å². The number of amides is 1. The molecule has 2 heterocycles. The van der Waals surface area contributed by atoms with E-state index in [1.165, 1.54) is 13.8 Å². The van der Waals surface area contributed by atoms with Gasteiger partial charge in [-0.3, -0.25) is 0 Å². The maximum Gasteiger partial charge on any atom is 0.407 e. The predicted molar refractivity (Wildman–Crippen MR) is 113 cm³/mol. The van der Waals surface area contributed by atoms with E-state index in [1.807, 2.05) is 4.57 Å². The summed E-state index contributed by atoms with van der Waals surface area (Å²) in [4.78, 5) is 24.1. The highest BCUT2D eigenvalue weighted by molar-refractivity contribution is 6.28. The first-order valence-corrected chi connectivity index (χ1v) is 9.94. The van der Waals surface area contributed by atoms with Crippen LogP contribution in [0.5, 0.6) is 0 Å². The Morgan fingerprint density at radius 3 is 2.70 bits per heavy atom. The summed E-state index contributed by atoms with van der Waals surface area (Å²) < 4.78 is 20.9. The molecule has 10 heteroatoms. The molecular formula is C20H24ClFN6O2. The van der Waals surface area contributed by atoms with Gasteiger partial charge in [0.2, 0.25) is 5.28 Å². The molecule has 0 unspecified atom stereocenters. The minimum atomic E-state index is -1.39. The number of halogens is 2. The molecule has 0 saturated carbocycles. The van der Waals surface area contributed by atoms with Gasteiger partial charge in [0.1, 0.15) is 11.2 Å². The number of nitrogens with two attached hydrogens (primary N) is 1. The third-order valence-corrected chi connectivity index (χ3v) is 4.74. The zero-order chi connectivity index (χ0) is 21.7. The number of benzene rings is 1. The Labute approximate surface area is 178 Å². The van der Waals surface area contributed by atoms with Gasteiger partial charge in [-0.15, -0.1) is 0 Å². The number of nitrogens with one attached hydrogen (secondary N) is 1. The van der Waals surface area contributed by atoms with Gasteiger partial charge in [0.05, 0.1) is 12.9 Å². The molecule has 160 valence electrons. The highest BCUT2D eigenvalue weighted by Crippen LogP contribution is 2.24. The summed E-state index contributed by atoms with van der Waals surface area (Å²) in [5, 5.41) is 2.76. The second-order valence-electron chi connectivity index (χ2n) is 7.35. The number of carbonyl (C=O) groups excluding carboxylic acids is 1. The van der Waals surface area contributed by atoms with Gasteiger partial charge in [-0.2, -0.15) is 9.97 Å². The smallest absolute Gasteiger partial charge is 0.407 e. The number of aryl methyl sites for hydroxylation is 1. The van der Waals surface area contributed by atoms with Crippen molar-refractivity contribution in [1.29, 1.82) is 0 Å². The molecule has 0 saturated heterocycles. The SMILES string of the molecule is CC(C)(F)c1ccc(CNC(=O)OCCCCn2cnc3c(N)nc(Cl)nc32)cc1. The van der Waals surface area contributed by atoms with Crippen LogP contribution in [0.4, 0.5) is 15.0 Å². The van der Waals surface area contributed by atoms with E-state index in [4.69, 9.17) is 22.1 Å². The van der Waals surface area contributed by atoms with Gasteiger partial charge in [0, 0.05) is 13.1 Å². The Balaban J connectivity index is 1.37. The first-order chi connectivity index (χ1) is 14.2. The quantitative estimate of drug-likeness (QED) is 0.410. The molecule has 0 aliphatic carbocycles. The third kappa shape index (κ3) is 5.56. The molecule has 0 spiro atoms. The molecule has 0 atom stereocenters. The Kier molecular flexibility index (Phi) is 6.71. The zero-order valence-corrected chi connectivity index (χ0v) is 17.6. The van der Waals surface area contributed by atoms with E-state index in [0.29, 0.717) is 36.2 Å². The molecule has 3 rings (SSSR count). The normalized spacial score (nSPS) is 11.6. The molecule has 30 heavy (non-hydrogen) atoms. The lowest BCUT2D eigenvalue weighted by atomic mass is 9.99. The number of hydrogen-bond acceptors (Lipinski definition) is 6. The monoisotopic (exact) mass is 434 g/mol. The van der Waals surface area contributed by atoms with Crippen molar-refractivity contribution in [2.75, 3.05) is 12.3 Å². The molecule has 0 bridgehead atoms. The van der Waals surface area contributed by atoms with E-state index in [2.05, 4.69) is 20.3 Å². The van der Waals surface area contributed by atoms with Gasteiger partial charge in [0.25, 0.3) is 0 Å². The predicted octanol–water partition coefficient (Wildman–Crippen LogP) is 3.97. The number of alkyl carbamates (subject to hydrolysis) is 1. The lowest BCUT2D eigenvalue weighted by Crippen LogP contribution is -2.24. The van der Waals surface area contributed by atoms with Crippen molar-refractivity contribution in [1.82, 2.24) is 24.8 Å². The molecule has 0 radical (unpaired) electrons. The number of imidazole rings is 1. The number of hydrogen-bond donors (Lipinski definition) is 2. The van der Waals surface area contributed by atoms with Crippen molar-refractivity contribution in [3.8, 4) is 0 Å². The molecule has 0 aliphatic heterocycles. The van der Waals surface area contributed by atoms with Crippen LogP contribution in [0, 0.1) is 0 Å². The topological polar surface area (TPSA) is 108 Å². The van der Waals surface area contributed by atoms with Crippen LogP contribution >= 0.6 is 11.6 Å². The number of rotatable bonds is 8. The Morgan fingerprint density at radius 1 is 1.27 bits per heavy atom. The molecule has 0 fully saturated rings. The fourth-order valence-electron chi connectivity index (χ4n) is 2.90. The highest BCUT2D eigenvalue weighted by Gasteiger charge is 2.18. The first-order valence-electron chi connectivity index (χ1n) is 9.57. The summed E-state index contributed by atoms with van der Waals surface area (Å²) in [7, 11) is 0. The van der Waals surface area contributed by atoms with Crippen molar-refractivity contribution >= 4 is 34.7 Å². The number of carbonyl (C=O) groups is 1. The van der Waals surface area contributed by atoms with Gasteiger partial charge in [0.15, 0.2) is 11.5 Å². The lowest BCUT2D eigenvalue weighted by molar-refractivity contribution is 0.143. The van der Waals surface area contributed by atoms with Gasteiger partial charge >= 0.3 is 6.09 Å². The number of fused-ring (bicyclic) bond motifs is 1. The van der Waals surface area contributed by atoms with Crippen LogP contribution in [0.15, 0.2) is 30.6 Å². The van der Waals surface area contributed by atoms with Crippen molar-refractivity contribution in [2.24, 2.45) is 0 Å². The van der Waals surface area contributed by atoms with Gasteiger partial charge in [-0.1, -0.05) is 24.3 Å². The van der Waals surface area contributed by atoms with Crippen LogP contribution in [-0.2, 0) is 23.5 Å². The van der Waals surface area contributed by atoms with Crippen LogP contribution in [-0.4, -0.2) is 32.2 Å². The summed E-state index contributed by atoms with van der Waals surface area (Å²) >= 11 is 5.85. The molecule has 8 nitrogen and oxygen atoms in total. The zero-order valence-electron chi connectivity index (χ0n) is 16.9. The second-order valence-corrected chi connectivity index (χ2v) is 7.69. The van der Waals surface area contributed by atoms with E-state index in [9.17, 15) is 9.18 Å². The molecule has 0 aliphatic rings. The Bertz CT molecular complexity index is 1020. The number of anilines is 1. The number of alkyl halides is 1. The molecule has 1 aromatic carbocycles. The number of unbranched alkanes of at least 4 members (excludes halogenated alkanes) is 1. The second kappa shape index (κ2) is 9.25. The minimum Gasteiger partial charge on any atom is -0.450 e. The number of nitrogens with zero attached hydrogens (tertiary/aromatic N) is 4. The van der Waals surface area contributed by atoms with E-state index < -0.39 is 11.8 Å². The highest BCUT2D eigenvalue weighted by atomic mass is 35.5. The van der Waals surface area contributed by atoms with Gasteiger partial charge in [-0.05, 0) is 49.4 Å². The molecule has 3 aromatic rings. The van der Waals surface area contributed by atoms with E-state index in [-0.39, 0.29) is 17.7 Å². The Morgan fingerprint density at radius 2 is 2.00 bits per heavy atom. The number of ether oxygens (including phenoxy) is 1. The summed E-state index contributed by atoms with van der Waals surface area (Å²) in [5.74, 6) is 0.242. The van der Waals surface area contributed by atoms with Crippen LogP contribution in [0.2, 0.25) is 5.28 Å². The van der Waals surface area contributed by atoms with Crippen LogP contribution in [0.3, 0.4) is 0 Å². The summed E-state index contributed by atoms with van der Waals surface area (Å²) in [6, 6.07) is 7.01. The number of nitrogen functional groups attached to an aromatic ring is 1. The fourth-order valence-corrected chi connectivity index (χ4v) is 3.07. The van der Waals surface area contributed by atoms with Gasteiger partial charge < -0.3 is 20.4 Å². The molecule has 1 amide bonds. The maximum absolute atomic E-state index is 13.9. The molecular weight excluding hydrogens is 411 g/mol. The van der Waals surface area contributed by atoms with Gasteiger partial charge in [-0.25, -0.2) is 14.2 Å². The van der Waals surface area contributed by atoms with Crippen molar-refractivity contribution in [3.05, 3.63) is 47.0 Å². The first kappa shape index (κ1) is 21.8. The number of aromatic nitrogens is 4. The van der Waals surface area contributed by atoms with Crippen LogP contribution in [0.1, 0.15) is 37.8 Å². The Hall–Kier alpha value is -2.94. The van der Waals surface area contributed by atoms with Crippen molar-refractivity contribution < 1.29 is 13.9 Å². The van der Waals surface area contributed by atoms with E-state index >= 15 is 0 Å². The minimum absolute atomic E-state index is 0.0739. The average molecular weight is 435 g/mol. The van der Waals surface area contributed by atoms with E-state index in [0.717, 1.165) is 12.0 Å².